The number of rotatable bonds is 4. The van der Waals surface area contributed by atoms with Gasteiger partial charge in [-0.3, -0.25) is 4.79 Å². The molecule has 0 unspecified atom stereocenters. The number of ether oxygens (including phenoxy) is 3. The number of hydrogen-bond acceptors (Lipinski definition) is 5. The van der Waals surface area contributed by atoms with E-state index in [2.05, 4.69) is 0 Å². The molecule has 0 fully saturated rings. The molecule has 0 spiro atoms. The lowest BCUT2D eigenvalue weighted by atomic mass is 10.2. The number of carbonyl (C=O) groups excluding carboxylic acids is 2. The second kappa shape index (κ2) is 6.95. The summed E-state index contributed by atoms with van der Waals surface area (Å²) in [6, 6.07) is 10.9. The second-order valence-corrected chi connectivity index (χ2v) is 4.74. The van der Waals surface area contributed by atoms with Crippen LogP contribution in [0.25, 0.3) is 0 Å². The molecule has 2 rings (SSSR count). The van der Waals surface area contributed by atoms with Gasteiger partial charge in [-0.2, -0.15) is 0 Å². The fourth-order valence-electron chi connectivity index (χ4n) is 1.71. The van der Waals surface area contributed by atoms with Gasteiger partial charge in [0.1, 0.15) is 5.75 Å². The first-order chi connectivity index (χ1) is 10.5. The first-order valence-electron chi connectivity index (χ1n) is 6.34. The van der Waals surface area contributed by atoms with Crippen LogP contribution >= 0.6 is 11.6 Å². The van der Waals surface area contributed by atoms with Crippen LogP contribution in [0.4, 0.5) is 0 Å². The van der Waals surface area contributed by atoms with Gasteiger partial charge in [-0.25, -0.2) is 4.79 Å². The highest BCUT2D eigenvalue weighted by Gasteiger charge is 2.15. The Bertz CT molecular complexity index is 711. The molecule has 0 aromatic heterocycles. The van der Waals surface area contributed by atoms with E-state index in [4.69, 9.17) is 25.8 Å². The maximum atomic E-state index is 12.1. The van der Waals surface area contributed by atoms with Gasteiger partial charge >= 0.3 is 11.9 Å². The Morgan fingerprint density at radius 2 is 1.77 bits per heavy atom. The molecule has 6 heteroatoms. The minimum atomic E-state index is -0.610. The van der Waals surface area contributed by atoms with Gasteiger partial charge in [-0.1, -0.05) is 17.7 Å². The van der Waals surface area contributed by atoms with Gasteiger partial charge in [0, 0.05) is 18.0 Å². The van der Waals surface area contributed by atoms with Crippen molar-refractivity contribution in [1.29, 1.82) is 0 Å². The smallest absolute Gasteiger partial charge is 0.343 e. The van der Waals surface area contributed by atoms with Crippen LogP contribution in [0.15, 0.2) is 42.5 Å². The molecule has 0 atom stereocenters. The molecule has 0 bridgehead atoms. The summed E-state index contributed by atoms with van der Waals surface area (Å²) >= 11 is 5.84. The zero-order chi connectivity index (χ0) is 16.1. The molecule has 22 heavy (non-hydrogen) atoms. The maximum Gasteiger partial charge on any atom is 0.343 e. The van der Waals surface area contributed by atoms with Crippen LogP contribution in [0.3, 0.4) is 0 Å². The Balaban J connectivity index is 2.28. The third-order valence-electron chi connectivity index (χ3n) is 2.67. The Morgan fingerprint density at radius 1 is 1.00 bits per heavy atom. The highest BCUT2D eigenvalue weighted by atomic mass is 35.5. The van der Waals surface area contributed by atoms with Crippen LogP contribution in [0, 0.1) is 0 Å². The van der Waals surface area contributed by atoms with Gasteiger partial charge in [0.05, 0.1) is 12.7 Å². The molecule has 0 heterocycles. The van der Waals surface area contributed by atoms with E-state index in [1.807, 2.05) is 0 Å². The van der Waals surface area contributed by atoms with Crippen molar-refractivity contribution in [3.63, 3.8) is 0 Å². The molecule has 0 aliphatic heterocycles. The summed E-state index contributed by atoms with van der Waals surface area (Å²) in [6.07, 6.45) is 0. The van der Waals surface area contributed by atoms with Gasteiger partial charge in [0.25, 0.3) is 0 Å². The molecule has 0 radical (unpaired) electrons. The van der Waals surface area contributed by atoms with E-state index in [9.17, 15) is 9.59 Å². The molecule has 5 nitrogen and oxygen atoms in total. The number of esters is 2. The predicted octanol–water partition coefficient (Wildman–Crippen LogP) is 3.49. The fraction of sp³-hybridized carbons (Fsp3) is 0.125. The van der Waals surface area contributed by atoms with Gasteiger partial charge in [-0.05, 0) is 30.3 Å². The molecule has 0 aliphatic carbocycles. The number of halogens is 1. The van der Waals surface area contributed by atoms with E-state index in [-0.39, 0.29) is 17.1 Å². The zero-order valence-electron chi connectivity index (χ0n) is 12.0. The minimum Gasteiger partial charge on any atom is -0.497 e. The maximum absolute atomic E-state index is 12.1. The quantitative estimate of drug-likeness (QED) is 0.637. The minimum absolute atomic E-state index is 0.0993. The van der Waals surface area contributed by atoms with Crippen molar-refractivity contribution < 1.29 is 23.8 Å². The highest BCUT2D eigenvalue weighted by Crippen LogP contribution is 2.32. The van der Waals surface area contributed by atoms with E-state index in [0.29, 0.717) is 10.8 Å². The predicted molar refractivity (Wildman–Crippen MR) is 80.7 cm³/mol. The molecule has 2 aromatic carbocycles. The van der Waals surface area contributed by atoms with Crippen molar-refractivity contribution in [2.45, 2.75) is 6.92 Å². The van der Waals surface area contributed by atoms with Gasteiger partial charge in [0.15, 0.2) is 11.5 Å². The molecule has 0 aliphatic rings. The Labute approximate surface area is 132 Å². The van der Waals surface area contributed by atoms with Crippen LogP contribution < -0.4 is 14.2 Å². The number of hydrogen-bond donors (Lipinski definition) is 0. The van der Waals surface area contributed by atoms with Crippen LogP contribution in [0.1, 0.15) is 17.3 Å². The van der Waals surface area contributed by atoms with Crippen LogP contribution in [0.2, 0.25) is 5.02 Å². The van der Waals surface area contributed by atoms with Crippen LogP contribution in [-0.2, 0) is 4.79 Å². The molecule has 0 saturated heterocycles. The largest absolute Gasteiger partial charge is 0.497 e. The first kappa shape index (κ1) is 15.9. The monoisotopic (exact) mass is 320 g/mol. The van der Waals surface area contributed by atoms with Crippen molar-refractivity contribution >= 4 is 23.5 Å². The summed E-state index contributed by atoms with van der Waals surface area (Å²) in [5.74, 6) is -0.462. The Hall–Kier alpha value is -2.53. The lowest BCUT2D eigenvalue weighted by Gasteiger charge is -2.11. The van der Waals surface area contributed by atoms with E-state index in [1.54, 1.807) is 24.3 Å². The molecule has 0 amide bonds. The van der Waals surface area contributed by atoms with E-state index in [1.165, 1.54) is 32.2 Å². The first-order valence-corrected chi connectivity index (χ1v) is 6.71. The molecular formula is C16H13ClO5. The third-order valence-corrected chi connectivity index (χ3v) is 2.90. The van der Waals surface area contributed by atoms with Crippen molar-refractivity contribution in [2.24, 2.45) is 0 Å². The zero-order valence-corrected chi connectivity index (χ0v) is 12.7. The average molecular weight is 321 g/mol. The summed E-state index contributed by atoms with van der Waals surface area (Å²) in [7, 11) is 1.48. The number of methoxy groups -OCH3 is 1. The van der Waals surface area contributed by atoms with Crippen molar-refractivity contribution in [3.05, 3.63) is 53.1 Å². The van der Waals surface area contributed by atoms with Crippen molar-refractivity contribution in [2.75, 3.05) is 7.11 Å². The van der Waals surface area contributed by atoms with E-state index in [0.717, 1.165) is 0 Å². The number of carbonyl (C=O) groups is 2. The van der Waals surface area contributed by atoms with Crippen LogP contribution in [-0.4, -0.2) is 19.0 Å². The molecular weight excluding hydrogens is 308 g/mol. The summed E-state index contributed by atoms with van der Waals surface area (Å²) in [5, 5.41) is 0.421. The highest BCUT2D eigenvalue weighted by molar-refractivity contribution is 6.30. The fourth-order valence-corrected chi connectivity index (χ4v) is 1.90. The molecule has 114 valence electrons. The molecule has 0 saturated carbocycles. The summed E-state index contributed by atoms with van der Waals surface area (Å²) in [5.41, 5.74) is 0.289. The lowest BCUT2D eigenvalue weighted by molar-refractivity contribution is -0.132. The third kappa shape index (κ3) is 3.99. The van der Waals surface area contributed by atoms with Crippen molar-refractivity contribution in [3.8, 4) is 17.2 Å². The molecule has 2 aromatic rings. The Morgan fingerprint density at radius 3 is 2.41 bits per heavy atom. The second-order valence-electron chi connectivity index (χ2n) is 4.31. The number of benzene rings is 2. The standard InChI is InChI=1S/C16H13ClO5/c1-10(18)21-15-9-13(20-2)6-7-14(15)22-16(19)11-4-3-5-12(17)8-11/h3-9H,1-2H3. The Kier molecular flexibility index (Phi) is 5.01. The SMILES string of the molecule is COc1ccc(OC(=O)c2cccc(Cl)c2)c(OC(C)=O)c1. The van der Waals surface area contributed by atoms with Crippen molar-refractivity contribution in [1.82, 2.24) is 0 Å². The topological polar surface area (TPSA) is 61.8 Å². The molecule has 0 N–H and O–H groups in total. The van der Waals surface area contributed by atoms with Crippen LogP contribution in [0.5, 0.6) is 17.2 Å². The normalized spacial score (nSPS) is 9.95. The lowest BCUT2D eigenvalue weighted by Crippen LogP contribution is -2.10. The summed E-state index contributed by atoms with van der Waals surface area (Å²) in [4.78, 5) is 23.3. The van der Waals surface area contributed by atoms with E-state index >= 15 is 0 Å². The van der Waals surface area contributed by atoms with Gasteiger partial charge in [0.2, 0.25) is 0 Å². The van der Waals surface area contributed by atoms with E-state index < -0.39 is 11.9 Å². The average Bonchev–Trinajstić information content (AvgIpc) is 2.48. The summed E-state index contributed by atoms with van der Waals surface area (Å²) < 4.78 is 15.3. The summed E-state index contributed by atoms with van der Waals surface area (Å²) in [6.45, 7) is 1.25. The van der Waals surface area contributed by atoms with Gasteiger partial charge < -0.3 is 14.2 Å². The van der Waals surface area contributed by atoms with Gasteiger partial charge in [-0.15, -0.1) is 0 Å².